The van der Waals surface area contributed by atoms with Crippen molar-refractivity contribution in [3.05, 3.63) is 66.4 Å². The molecule has 0 aliphatic heterocycles. The molecule has 116 valence electrons. The zero-order valence-electron chi connectivity index (χ0n) is 12.1. The maximum atomic E-state index is 3.79. The Kier molecular flexibility index (Phi) is 3.51. The number of fused-ring (bicyclic) bond motifs is 2. The third-order valence-corrected chi connectivity index (χ3v) is 7.31. The molecule has 0 aliphatic rings. The Labute approximate surface area is 172 Å². The molecule has 5 rings (SSSR count). The van der Waals surface area contributed by atoms with Gasteiger partial charge in [0.2, 0.25) is 0 Å². The van der Waals surface area contributed by atoms with Gasteiger partial charge < -0.3 is 0 Å². The molecule has 0 nitrogen and oxygen atoms in total. The van der Waals surface area contributed by atoms with Crippen LogP contribution in [-0.2, 0) is 0 Å². The van der Waals surface area contributed by atoms with Gasteiger partial charge in [-0.05, 0) is 45.8 Å². The van der Waals surface area contributed by atoms with Gasteiger partial charge in [0.15, 0.2) is 0 Å². The van der Waals surface area contributed by atoms with Crippen LogP contribution < -0.4 is 0 Å². The van der Waals surface area contributed by atoms with Crippen LogP contribution >= 0.6 is 63.7 Å². The molecule has 0 bridgehead atoms. The molecule has 0 saturated carbocycles. The van der Waals surface area contributed by atoms with Crippen LogP contribution in [-0.4, -0.2) is 0 Å². The molecular formula is C20H8Br4. The highest BCUT2D eigenvalue weighted by atomic mass is 79.9. The summed E-state index contributed by atoms with van der Waals surface area (Å²) in [5.74, 6) is 0. The molecule has 5 aromatic rings. The highest BCUT2D eigenvalue weighted by molar-refractivity contribution is 9.11. The Hall–Kier alpha value is -0.680. The fraction of sp³-hybridized carbons (Fsp3) is 0. The minimum absolute atomic E-state index is 1.12. The van der Waals surface area contributed by atoms with Crippen molar-refractivity contribution in [1.29, 1.82) is 0 Å². The molecule has 5 aromatic carbocycles. The van der Waals surface area contributed by atoms with E-state index in [0.717, 1.165) is 17.9 Å². The van der Waals surface area contributed by atoms with Gasteiger partial charge in [0.1, 0.15) is 0 Å². The molecule has 0 aliphatic carbocycles. The summed E-state index contributed by atoms with van der Waals surface area (Å²) in [5, 5.41) is 10.1. The molecule has 0 heterocycles. The van der Waals surface area contributed by atoms with Crippen LogP contribution in [0.2, 0.25) is 0 Å². The third-order valence-electron chi connectivity index (χ3n) is 4.67. The van der Waals surface area contributed by atoms with E-state index in [9.17, 15) is 0 Å². The van der Waals surface area contributed by atoms with E-state index in [2.05, 4.69) is 112 Å². The zero-order valence-corrected chi connectivity index (χ0v) is 18.5. The van der Waals surface area contributed by atoms with Gasteiger partial charge in [0.25, 0.3) is 0 Å². The highest BCUT2D eigenvalue weighted by Gasteiger charge is 2.19. The average Bonchev–Trinajstić information content (AvgIpc) is 2.58. The Morgan fingerprint density at radius 1 is 0.333 bits per heavy atom. The fourth-order valence-electron chi connectivity index (χ4n) is 3.71. The number of rotatable bonds is 0. The topological polar surface area (TPSA) is 0 Å². The summed E-state index contributed by atoms with van der Waals surface area (Å²) < 4.78 is 4.47. The van der Waals surface area contributed by atoms with Gasteiger partial charge in [0, 0.05) is 39.4 Å². The second kappa shape index (κ2) is 5.41. The van der Waals surface area contributed by atoms with E-state index in [1.165, 1.54) is 43.1 Å². The van der Waals surface area contributed by atoms with Crippen molar-refractivity contribution in [2.75, 3.05) is 0 Å². The number of hydrogen-bond acceptors (Lipinski definition) is 0. The summed E-state index contributed by atoms with van der Waals surface area (Å²) in [6.07, 6.45) is 0. The minimum Gasteiger partial charge on any atom is -0.0532 e. The first kappa shape index (κ1) is 15.6. The van der Waals surface area contributed by atoms with Crippen molar-refractivity contribution in [3.63, 3.8) is 0 Å². The molecule has 0 N–H and O–H groups in total. The second-order valence-corrected chi connectivity index (χ2v) is 9.30. The molecule has 0 spiro atoms. The predicted octanol–water partition coefficient (Wildman–Crippen LogP) is 8.79. The molecule has 0 saturated heterocycles. The van der Waals surface area contributed by atoms with Crippen molar-refractivity contribution in [2.45, 2.75) is 0 Å². The summed E-state index contributed by atoms with van der Waals surface area (Å²) in [7, 11) is 0. The van der Waals surface area contributed by atoms with Gasteiger partial charge >= 0.3 is 0 Å². The van der Waals surface area contributed by atoms with Crippen LogP contribution in [0.1, 0.15) is 0 Å². The van der Waals surface area contributed by atoms with Crippen LogP contribution in [0.5, 0.6) is 0 Å². The van der Waals surface area contributed by atoms with E-state index >= 15 is 0 Å². The lowest BCUT2D eigenvalue weighted by molar-refractivity contribution is 1.71. The van der Waals surface area contributed by atoms with Crippen molar-refractivity contribution in [3.8, 4) is 0 Å². The second-order valence-electron chi connectivity index (χ2n) is 5.89. The smallest absolute Gasteiger partial charge is 0.0261 e. The first-order valence-corrected chi connectivity index (χ1v) is 10.6. The van der Waals surface area contributed by atoms with Gasteiger partial charge in [-0.25, -0.2) is 0 Å². The number of halogens is 4. The summed E-state index contributed by atoms with van der Waals surface area (Å²) in [4.78, 5) is 0. The molecule has 24 heavy (non-hydrogen) atoms. The van der Waals surface area contributed by atoms with Crippen LogP contribution in [0, 0.1) is 0 Å². The molecule has 0 atom stereocenters. The molecule has 0 aromatic heterocycles. The Balaban J connectivity index is 2.36. The van der Waals surface area contributed by atoms with E-state index in [-0.39, 0.29) is 0 Å². The zero-order chi connectivity index (χ0) is 16.6. The van der Waals surface area contributed by atoms with Crippen molar-refractivity contribution >= 4 is 107 Å². The summed E-state index contributed by atoms with van der Waals surface area (Å²) in [5.41, 5.74) is 0. The predicted molar refractivity (Wildman–Crippen MR) is 118 cm³/mol. The van der Waals surface area contributed by atoms with Crippen molar-refractivity contribution in [2.24, 2.45) is 0 Å². The largest absolute Gasteiger partial charge is 0.0532 e. The average molecular weight is 568 g/mol. The summed E-state index contributed by atoms with van der Waals surface area (Å²) >= 11 is 15.2. The quantitative estimate of drug-likeness (QED) is 0.130. The van der Waals surface area contributed by atoms with Crippen LogP contribution in [0.25, 0.3) is 43.1 Å². The maximum absolute atomic E-state index is 3.79. The first-order valence-electron chi connectivity index (χ1n) is 7.40. The van der Waals surface area contributed by atoms with Crippen LogP contribution in [0.3, 0.4) is 0 Å². The van der Waals surface area contributed by atoms with Gasteiger partial charge in [0.05, 0.1) is 0 Å². The van der Waals surface area contributed by atoms with Gasteiger partial charge in [-0.3, -0.25) is 0 Å². The SMILES string of the molecule is Brc1ccc2ccc(Br)c3c4c(Br)ccc5ccc(Br)c(c1c23)c54. The monoisotopic (exact) mass is 564 g/mol. The van der Waals surface area contributed by atoms with Gasteiger partial charge in [-0.15, -0.1) is 0 Å². The lowest BCUT2D eigenvalue weighted by atomic mass is 9.90. The van der Waals surface area contributed by atoms with E-state index < -0.39 is 0 Å². The normalized spacial score (nSPS) is 12.2. The Morgan fingerprint density at radius 3 is 0.833 bits per heavy atom. The molecular weight excluding hydrogens is 560 g/mol. The Bertz CT molecular complexity index is 1090. The van der Waals surface area contributed by atoms with Crippen molar-refractivity contribution < 1.29 is 0 Å². The van der Waals surface area contributed by atoms with E-state index in [1.54, 1.807) is 0 Å². The van der Waals surface area contributed by atoms with E-state index in [4.69, 9.17) is 0 Å². The van der Waals surface area contributed by atoms with Crippen LogP contribution in [0.15, 0.2) is 66.4 Å². The van der Waals surface area contributed by atoms with Crippen LogP contribution in [0.4, 0.5) is 0 Å². The number of benzene rings is 5. The van der Waals surface area contributed by atoms with E-state index in [0.29, 0.717) is 0 Å². The Morgan fingerprint density at radius 2 is 0.583 bits per heavy atom. The third kappa shape index (κ3) is 1.94. The number of hydrogen-bond donors (Lipinski definition) is 0. The molecule has 0 fully saturated rings. The lowest BCUT2D eigenvalue weighted by Crippen LogP contribution is -1.90. The summed E-state index contributed by atoms with van der Waals surface area (Å²) in [6.45, 7) is 0. The van der Waals surface area contributed by atoms with Gasteiger partial charge in [-0.1, -0.05) is 88.0 Å². The molecule has 4 heteroatoms. The minimum atomic E-state index is 1.12. The highest BCUT2D eigenvalue weighted by Crippen LogP contribution is 2.49. The van der Waals surface area contributed by atoms with E-state index in [1.807, 2.05) is 0 Å². The maximum Gasteiger partial charge on any atom is 0.0261 e. The van der Waals surface area contributed by atoms with Gasteiger partial charge in [-0.2, -0.15) is 0 Å². The molecule has 0 unspecified atom stereocenters. The standard InChI is InChI=1S/C20H8Br4/c21-11-5-1-9-2-6-12(22)18-15(9)17(11)19-13(23)7-3-10-4-8-14(24)20(18)16(10)19/h1-8H. The first-order chi connectivity index (χ1) is 11.6. The lowest BCUT2D eigenvalue weighted by Gasteiger charge is -2.18. The fourth-order valence-corrected chi connectivity index (χ4v) is 5.83. The summed E-state index contributed by atoms with van der Waals surface area (Å²) in [6, 6.07) is 17.3. The molecule has 0 radical (unpaired) electrons. The van der Waals surface area contributed by atoms with Crippen molar-refractivity contribution in [1.82, 2.24) is 0 Å². The molecule has 0 amide bonds.